The van der Waals surface area contributed by atoms with Gasteiger partial charge in [-0.3, -0.25) is 0 Å². The van der Waals surface area contributed by atoms with E-state index in [9.17, 15) is 0 Å². The summed E-state index contributed by atoms with van der Waals surface area (Å²) in [5.41, 5.74) is 1.15. The second-order valence-electron chi connectivity index (χ2n) is 6.66. The molecule has 0 saturated carbocycles. The van der Waals surface area contributed by atoms with E-state index in [0.29, 0.717) is 13.2 Å². The van der Waals surface area contributed by atoms with Crippen molar-refractivity contribution < 1.29 is 14.2 Å². The molecule has 1 saturated heterocycles. The molecule has 0 bridgehead atoms. The molecule has 4 heteroatoms. The smallest absolute Gasteiger partial charge is 0.194 e. The lowest BCUT2D eigenvalue weighted by Gasteiger charge is -2.44. The zero-order valence-corrected chi connectivity index (χ0v) is 15.4. The van der Waals surface area contributed by atoms with Gasteiger partial charge in [-0.2, -0.15) is 0 Å². The number of ether oxygens (including phenoxy) is 3. The molecule has 0 N–H and O–H groups in total. The van der Waals surface area contributed by atoms with E-state index in [1.54, 1.807) is 0 Å². The van der Waals surface area contributed by atoms with Gasteiger partial charge in [-0.15, -0.1) is 0 Å². The quantitative estimate of drug-likeness (QED) is 0.640. The van der Waals surface area contributed by atoms with E-state index < -0.39 is 5.79 Å². The van der Waals surface area contributed by atoms with Crippen molar-refractivity contribution in [3.8, 4) is 5.75 Å². The van der Waals surface area contributed by atoms with Crippen molar-refractivity contribution in [3.05, 3.63) is 29.8 Å². The standard InChI is InChI=1S/C18H27BrO3/c1-4-12-20-16-8-6-15(7-9-16)18(10-5-11-19)21-13-17(2,3)14-22-18/h6-9H,4-5,10-14H2,1-3H3. The van der Waals surface area contributed by atoms with Crippen molar-refractivity contribution in [2.75, 3.05) is 25.2 Å². The second kappa shape index (κ2) is 7.80. The van der Waals surface area contributed by atoms with Crippen LogP contribution >= 0.6 is 15.9 Å². The summed E-state index contributed by atoms with van der Waals surface area (Å²) in [6, 6.07) is 8.15. The minimum absolute atomic E-state index is 0.0715. The Morgan fingerprint density at radius 3 is 2.32 bits per heavy atom. The lowest BCUT2D eigenvalue weighted by Crippen LogP contribution is -2.45. The molecule has 1 aliphatic rings. The predicted octanol–water partition coefficient (Wildman–Crippen LogP) is 4.88. The van der Waals surface area contributed by atoms with E-state index in [1.807, 2.05) is 12.1 Å². The van der Waals surface area contributed by atoms with Crippen LogP contribution < -0.4 is 4.74 Å². The average Bonchev–Trinajstić information content (AvgIpc) is 2.53. The first-order valence-corrected chi connectivity index (χ1v) is 9.21. The van der Waals surface area contributed by atoms with Crippen molar-refractivity contribution in [2.24, 2.45) is 5.41 Å². The fourth-order valence-corrected chi connectivity index (χ4v) is 2.77. The summed E-state index contributed by atoms with van der Waals surface area (Å²) >= 11 is 3.50. The topological polar surface area (TPSA) is 27.7 Å². The van der Waals surface area contributed by atoms with Gasteiger partial charge in [0.15, 0.2) is 5.79 Å². The van der Waals surface area contributed by atoms with E-state index in [1.165, 1.54) is 0 Å². The molecule has 1 fully saturated rings. The van der Waals surface area contributed by atoms with Crippen LogP contribution in [0.2, 0.25) is 0 Å². The molecule has 2 rings (SSSR count). The summed E-state index contributed by atoms with van der Waals surface area (Å²) in [6.45, 7) is 8.61. The van der Waals surface area contributed by atoms with Crippen LogP contribution in [0.25, 0.3) is 0 Å². The minimum Gasteiger partial charge on any atom is -0.494 e. The number of hydrogen-bond acceptors (Lipinski definition) is 3. The molecule has 0 aromatic heterocycles. The van der Waals surface area contributed by atoms with Crippen molar-refractivity contribution >= 4 is 15.9 Å². The highest BCUT2D eigenvalue weighted by Gasteiger charge is 2.41. The van der Waals surface area contributed by atoms with Crippen LogP contribution in [0.1, 0.15) is 45.6 Å². The molecule has 1 heterocycles. The van der Waals surface area contributed by atoms with Crippen LogP contribution in [0, 0.1) is 5.41 Å². The first kappa shape index (κ1) is 17.8. The molecule has 3 nitrogen and oxygen atoms in total. The van der Waals surface area contributed by atoms with Gasteiger partial charge in [0.2, 0.25) is 0 Å². The van der Waals surface area contributed by atoms with Gasteiger partial charge < -0.3 is 14.2 Å². The molecule has 1 aliphatic heterocycles. The van der Waals surface area contributed by atoms with Crippen molar-refractivity contribution in [1.82, 2.24) is 0 Å². The maximum atomic E-state index is 6.21. The fraction of sp³-hybridized carbons (Fsp3) is 0.667. The minimum atomic E-state index is -0.618. The van der Waals surface area contributed by atoms with E-state index >= 15 is 0 Å². The Kier molecular flexibility index (Phi) is 6.30. The summed E-state index contributed by atoms with van der Waals surface area (Å²) in [6.07, 6.45) is 2.87. The molecule has 1 aromatic rings. The number of hydrogen-bond donors (Lipinski definition) is 0. The van der Waals surface area contributed by atoms with E-state index in [-0.39, 0.29) is 5.41 Å². The fourth-order valence-electron chi connectivity index (χ4n) is 2.49. The third-order valence-electron chi connectivity index (χ3n) is 3.80. The molecular weight excluding hydrogens is 344 g/mol. The highest BCUT2D eigenvalue weighted by molar-refractivity contribution is 9.09. The third-order valence-corrected chi connectivity index (χ3v) is 4.36. The first-order chi connectivity index (χ1) is 10.5. The van der Waals surface area contributed by atoms with Gasteiger partial charge in [0.05, 0.1) is 19.8 Å². The highest BCUT2D eigenvalue weighted by Crippen LogP contribution is 2.40. The first-order valence-electron chi connectivity index (χ1n) is 8.08. The van der Waals surface area contributed by atoms with Gasteiger partial charge in [0.25, 0.3) is 0 Å². The van der Waals surface area contributed by atoms with Gasteiger partial charge >= 0.3 is 0 Å². The Hall–Kier alpha value is -0.580. The molecule has 0 aliphatic carbocycles. The number of halogens is 1. The summed E-state index contributed by atoms with van der Waals surface area (Å²) in [7, 11) is 0. The zero-order valence-electron chi connectivity index (χ0n) is 13.9. The van der Waals surface area contributed by atoms with Gasteiger partial charge in [-0.05, 0) is 37.1 Å². The maximum absolute atomic E-state index is 6.21. The SMILES string of the molecule is CCCOc1ccc(C2(CCCBr)OCC(C)(C)CO2)cc1. The lowest BCUT2D eigenvalue weighted by molar-refractivity contribution is -0.311. The summed E-state index contributed by atoms with van der Waals surface area (Å²) < 4.78 is 18.1. The Balaban J connectivity index is 2.15. The van der Waals surface area contributed by atoms with E-state index in [4.69, 9.17) is 14.2 Å². The summed E-state index contributed by atoms with van der Waals surface area (Å²) in [5, 5.41) is 0.947. The van der Waals surface area contributed by atoms with Gasteiger partial charge in [0, 0.05) is 22.7 Å². The number of benzene rings is 1. The second-order valence-corrected chi connectivity index (χ2v) is 7.45. The van der Waals surface area contributed by atoms with Gasteiger partial charge in [0.1, 0.15) is 5.75 Å². The van der Waals surface area contributed by atoms with Crippen molar-refractivity contribution in [1.29, 1.82) is 0 Å². The molecular formula is C18H27BrO3. The van der Waals surface area contributed by atoms with Crippen molar-refractivity contribution in [2.45, 2.75) is 45.8 Å². The average molecular weight is 371 g/mol. The van der Waals surface area contributed by atoms with Crippen LogP contribution in [0.4, 0.5) is 0 Å². The summed E-state index contributed by atoms with van der Waals surface area (Å²) in [5.74, 6) is 0.282. The highest BCUT2D eigenvalue weighted by atomic mass is 79.9. The lowest BCUT2D eigenvalue weighted by atomic mass is 9.92. The molecule has 1 aromatic carbocycles. The van der Waals surface area contributed by atoms with Crippen LogP contribution in [0.3, 0.4) is 0 Å². The Bertz CT molecular complexity index is 446. The Morgan fingerprint density at radius 2 is 1.77 bits per heavy atom. The zero-order chi connectivity index (χ0) is 16.1. The molecule has 0 amide bonds. The van der Waals surface area contributed by atoms with E-state index in [2.05, 4.69) is 48.8 Å². The molecule has 0 atom stereocenters. The van der Waals surface area contributed by atoms with Gasteiger partial charge in [-0.25, -0.2) is 0 Å². The van der Waals surface area contributed by atoms with Crippen LogP contribution in [0.5, 0.6) is 5.75 Å². The molecule has 124 valence electrons. The largest absolute Gasteiger partial charge is 0.494 e. The van der Waals surface area contributed by atoms with Crippen molar-refractivity contribution in [3.63, 3.8) is 0 Å². The maximum Gasteiger partial charge on any atom is 0.194 e. The van der Waals surface area contributed by atoms with Crippen LogP contribution in [-0.4, -0.2) is 25.2 Å². The third kappa shape index (κ3) is 4.46. The number of rotatable bonds is 7. The van der Waals surface area contributed by atoms with Crippen LogP contribution in [-0.2, 0) is 15.3 Å². The normalized spacial score (nSPS) is 19.8. The van der Waals surface area contributed by atoms with Crippen LogP contribution in [0.15, 0.2) is 24.3 Å². The summed E-state index contributed by atoms with van der Waals surface area (Å²) in [4.78, 5) is 0. The molecule has 0 spiro atoms. The van der Waals surface area contributed by atoms with E-state index in [0.717, 1.165) is 42.5 Å². The molecule has 22 heavy (non-hydrogen) atoms. The molecule has 0 unspecified atom stereocenters. The Labute approximate surface area is 142 Å². The van der Waals surface area contributed by atoms with Gasteiger partial charge in [-0.1, -0.05) is 36.7 Å². The predicted molar refractivity (Wildman–Crippen MR) is 92.6 cm³/mol. The molecule has 0 radical (unpaired) electrons. The monoisotopic (exact) mass is 370 g/mol. The Morgan fingerprint density at radius 1 is 1.14 bits per heavy atom. The number of alkyl halides is 1.